The third kappa shape index (κ3) is 4.59. The fraction of sp³-hybridized carbons (Fsp3) is 0.769. The van der Waals surface area contributed by atoms with Crippen LogP contribution in [0.25, 0.3) is 0 Å². The average Bonchev–Trinajstić information content (AvgIpc) is 3.10. The van der Waals surface area contributed by atoms with Crippen molar-refractivity contribution in [3.8, 4) is 0 Å². The Kier molecular flexibility index (Phi) is 5.00. The smallest absolute Gasteiger partial charge is 0.332 e. The van der Waals surface area contributed by atoms with Crippen molar-refractivity contribution < 1.29 is 24.2 Å². The standard InChI is InChI=1S/C13H21N3O5/c17-10(15-9-3-4-9)2-1-6-14-12(20)16-13(11(18)19)5-7-21-8-13/h9H,1-8H2,(H,15,17)(H,18,19)(H2,14,16,20). The molecule has 0 bridgehead atoms. The molecule has 118 valence electrons. The Bertz CT molecular complexity index is 416. The quantitative estimate of drug-likeness (QED) is 0.477. The van der Waals surface area contributed by atoms with Gasteiger partial charge in [0.15, 0.2) is 5.54 Å². The van der Waals surface area contributed by atoms with Crippen LogP contribution in [0.2, 0.25) is 0 Å². The van der Waals surface area contributed by atoms with Crippen molar-refractivity contribution in [3.63, 3.8) is 0 Å². The molecule has 0 aromatic rings. The summed E-state index contributed by atoms with van der Waals surface area (Å²) in [6.45, 7) is 0.605. The summed E-state index contributed by atoms with van der Waals surface area (Å²) in [4.78, 5) is 34.3. The number of carbonyl (C=O) groups is 3. The van der Waals surface area contributed by atoms with Crippen molar-refractivity contribution in [1.82, 2.24) is 16.0 Å². The Labute approximate surface area is 122 Å². The zero-order chi connectivity index (χ0) is 15.3. The number of amides is 3. The Hall–Kier alpha value is -1.83. The first kappa shape index (κ1) is 15.6. The molecule has 8 nitrogen and oxygen atoms in total. The van der Waals surface area contributed by atoms with E-state index in [1.807, 2.05) is 0 Å². The van der Waals surface area contributed by atoms with Crippen LogP contribution in [0.5, 0.6) is 0 Å². The molecule has 1 aliphatic heterocycles. The predicted molar refractivity (Wildman–Crippen MR) is 72.7 cm³/mol. The second-order valence-corrected chi connectivity index (χ2v) is 5.52. The van der Waals surface area contributed by atoms with Gasteiger partial charge < -0.3 is 25.8 Å². The number of carbonyl (C=O) groups excluding carboxylic acids is 2. The SMILES string of the molecule is O=C(CCCNC(=O)NC1(C(=O)O)CCOC1)NC1CC1. The molecule has 1 saturated carbocycles. The van der Waals surface area contributed by atoms with Gasteiger partial charge in [0.1, 0.15) is 0 Å². The molecule has 1 aliphatic carbocycles. The Morgan fingerprint density at radius 2 is 2.05 bits per heavy atom. The highest BCUT2D eigenvalue weighted by molar-refractivity contribution is 5.86. The lowest BCUT2D eigenvalue weighted by molar-refractivity contribution is -0.144. The maximum Gasteiger partial charge on any atom is 0.332 e. The summed E-state index contributed by atoms with van der Waals surface area (Å²) in [7, 11) is 0. The highest BCUT2D eigenvalue weighted by Crippen LogP contribution is 2.19. The number of rotatable bonds is 7. The van der Waals surface area contributed by atoms with Gasteiger partial charge in [-0.3, -0.25) is 4.79 Å². The van der Waals surface area contributed by atoms with Crippen molar-refractivity contribution in [2.75, 3.05) is 19.8 Å². The maximum absolute atomic E-state index is 11.7. The topological polar surface area (TPSA) is 117 Å². The third-order valence-corrected chi connectivity index (χ3v) is 3.59. The van der Waals surface area contributed by atoms with Crippen LogP contribution in [0.3, 0.4) is 0 Å². The first-order valence-electron chi connectivity index (χ1n) is 7.18. The van der Waals surface area contributed by atoms with E-state index < -0.39 is 17.5 Å². The molecule has 2 aliphatic rings. The fourth-order valence-electron chi connectivity index (χ4n) is 2.13. The number of carboxylic acids is 1. The molecule has 2 rings (SSSR count). The van der Waals surface area contributed by atoms with E-state index >= 15 is 0 Å². The highest BCUT2D eigenvalue weighted by Gasteiger charge is 2.43. The van der Waals surface area contributed by atoms with E-state index in [9.17, 15) is 19.5 Å². The predicted octanol–water partition coefficient (Wildman–Crippen LogP) is -0.412. The van der Waals surface area contributed by atoms with Gasteiger partial charge >= 0.3 is 12.0 Å². The minimum Gasteiger partial charge on any atom is -0.479 e. The monoisotopic (exact) mass is 299 g/mol. The molecule has 1 saturated heterocycles. The molecule has 8 heteroatoms. The van der Waals surface area contributed by atoms with Crippen molar-refractivity contribution >= 4 is 17.9 Å². The van der Waals surface area contributed by atoms with Gasteiger partial charge in [0.05, 0.1) is 6.61 Å². The van der Waals surface area contributed by atoms with E-state index in [0.717, 1.165) is 12.8 Å². The molecule has 1 atom stereocenters. The van der Waals surface area contributed by atoms with Gasteiger partial charge in [-0.2, -0.15) is 0 Å². The normalized spacial score (nSPS) is 24.4. The first-order valence-corrected chi connectivity index (χ1v) is 7.18. The first-order chi connectivity index (χ1) is 10.0. The Morgan fingerprint density at radius 3 is 2.62 bits per heavy atom. The molecule has 21 heavy (non-hydrogen) atoms. The van der Waals surface area contributed by atoms with Crippen molar-refractivity contribution in [2.45, 2.75) is 43.7 Å². The molecule has 0 radical (unpaired) electrons. The second-order valence-electron chi connectivity index (χ2n) is 5.52. The molecule has 0 aromatic carbocycles. The zero-order valence-electron chi connectivity index (χ0n) is 11.8. The fourth-order valence-corrected chi connectivity index (χ4v) is 2.13. The lowest BCUT2D eigenvalue weighted by atomic mass is 9.99. The van der Waals surface area contributed by atoms with Crippen molar-refractivity contribution in [1.29, 1.82) is 0 Å². The van der Waals surface area contributed by atoms with Crippen LogP contribution in [-0.4, -0.2) is 54.4 Å². The summed E-state index contributed by atoms with van der Waals surface area (Å²) in [5.74, 6) is -1.11. The van der Waals surface area contributed by atoms with E-state index in [1.165, 1.54) is 0 Å². The zero-order valence-corrected chi connectivity index (χ0v) is 11.8. The molecule has 1 heterocycles. The second kappa shape index (κ2) is 6.75. The minimum absolute atomic E-state index is 0.00842. The third-order valence-electron chi connectivity index (χ3n) is 3.59. The number of hydrogen-bond acceptors (Lipinski definition) is 4. The summed E-state index contributed by atoms with van der Waals surface area (Å²) in [5.41, 5.74) is -1.34. The van der Waals surface area contributed by atoms with Gasteiger partial charge in [0.2, 0.25) is 5.91 Å². The van der Waals surface area contributed by atoms with E-state index in [-0.39, 0.29) is 18.9 Å². The summed E-state index contributed by atoms with van der Waals surface area (Å²) >= 11 is 0. The van der Waals surface area contributed by atoms with Crippen molar-refractivity contribution in [3.05, 3.63) is 0 Å². The Morgan fingerprint density at radius 1 is 1.29 bits per heavy atom. The van der Waals surface area contributed by atoms with Gasteiger partial charge in [0, 0.05) is 32.0 Å². The number of hydrogen-bond donors (Lipinski definition) is 4. The summed E-state index contributed by atoms with van der Waals surface area (Å²) < 4.78 is 5.05. The minimum atomic E-state index is -1.34. The van der Waals surface area contributed by atoms with E-state index in [2.05, 4.69) is 16.0 Å². The highest BCUT2D eigenvalue weighted by atomic mass is 16.5. The van der Waals surface area contributed by atoms with Crippen LogP contribution in [0, 0.1) is 0 Å². The van der Waals surface area contributed by atoms with Gasteiger partial charge in [-0.05, 0) is 19.3 Å². The van der Waals surface area contributed by atoms with Gasteiger partial charge in [-0.1, -0.05) is 0 Å². The number of aliphatic carboxylic acids is 1. The molecule has 4 N–H and O–H groups in total. The van der Waals surface area contributed by atoms with Crippen molar-refractivity contribution in [2.24, 2.45) is 0 Å². The van der Waals surface area contributed by atoms with Gasteiger partial charge in [-0.15, -0.1) is 0 Å². The number of nitrogens with one attached hydrogen (secondary N) is 3. The number of ether oxygens (including phenoxy) is 1. The van der Waals surface area contributed by atoms with Crippen LogP contribution in [0.15, 0.2) is 0 Å². The van der Waals surface area contributed by atoms with Crippen LogP contribution in [0.4, 0.5) is 4.79 Å². The molecule has 0 aromatic heterocycles. The Balaban J connectivity index is 1.62. The number of urea groups is 1. The van der Waals surface area contributed by atoms with E-state index in [0.29, 0.717) is 32.0 Å². The summed E-state index contributed by atoms with van der Waals surface area (Å²) in [6.07, 6.45) is 3.21. The van der Waals surface area contributed by atoms with Crippen LogP contribution >= 0.6 is 0 Å². The number of carboxylic acid groups (broad SMARTS) is 1. The largest absolute Gasteiger partial charge is 0.479 e. The van der Waals surface area contributed by atoms with Crippen LogP contribution in [-0.2, 0) is 14.3 Å². The molecule has 2 fully saturated rings. The summed E-state index contributed by atoms with van der Waals surface area (Å²) in [5, 5.41) is 17.0. The lowest BCUT2D eigenvalue weighted by Gasteiger charge is -2.23. The van der Waals surface area contributed by atoms with Crippen LogP contribution in [0.1, 0.15) is 32.1 Å². The average molecular weight is 299 g/mol. The molecule has 0 spiro atoms. The van der Waals surface area contributed by atoms with Gasteiger partial charge in [0.25, 0.3) is 0 Å². The van der Waals surface area contributed by atoms with Gasteiger partial charge in [-0.25, -0.2) is 9.59 Å². The molecule has 1 unspecified atom stereocenters. The summed E-state index contributed by atoms with van der Waals surface area (Å²) in [6, 6.07) is -0.211. The molecular weight excluding hydrogens is 278 g/mol. The molecular formula is C13H21N3O5. The van der Waals surface area contributed by atoms with E-state index in [1.54, 1.807) is 0 Å². The maximum atomic E-state index is 11.7. The lowest BCUT2D eigenvalue weighted by Crippen LogP contribution is -2.57. The van der Waals surface area contributed by atoms with E-state index in [4.69, 9.17) is 4.74 Å². The molecule has 3 amide bonds. The van der Waals surface area contributed by atoms with Crippen LogP contribution < -0.4 is 16.0 Å².